The van der Waals surface area contributed by atoms with Crippen LogP contribution in [0.3, 0.4) is 0 Å². The van der Waals surface area contributed by atoms with Gasteiger partial charge < -0.3 is 4.90 Å². The van der Waals surface area contributed by atoms with Crippen LogP contribution < -0.4 is 10.2 Å². The second kappa shape index (κ2) is 4.05. The topological polar surface area (TPSA) is 75.2 Å². The number of rotatable bonds is 1. The highest BCUT2D eigenvalue weighted by Crippen LogP contribution is 2.17. The van der Waals surface area contributed by atoms with E-state index in [4.69, 9.17) is 11.6 Å². The third-order valence-corrected chi connectivity index (χ3v) is 2.51. The highest BCUT2D eigenvalue weighted by Gasteiger charge is 2.31. The van der Waals surface area contributed by atoms with Crippen LogP contribution >= 0.6 is 11.6 Å². The van der Waals surface area contributed by atoms with Crippen LogP contribution in [0.2, 0.25) is 5.28 Å². The summed E-state index contributed by atoms with van der Waals surface area (Å²) in [7, 11) is 0. The third kappa shape index (κ3) is 1.96. The Morgan fingerprint density at radius 3 is 3.00 bits per heavy atom. The molecule has 7 heteroatoms. The third-order valence-electron chi connectivity index (χ3n) is 2.33. The van der Waals surface area contributed by atoms with E-state index in [2.05, 4.69) is 15.3 Å². The molecule has 1 N–H and O–H groups in total. The van der Waals surface area contributed by atoms with E-state index in [9.17, 15) is 9.59 Å². The quantitative estimate of drug-likeness (QED) is 0.552. The van der Waals surface area contributed by atoms with Gasteiger partial charge in [-0.3, -0.25) is 14.9 Å². The monoisotopic (exact) mass is 240 g/mol. The summed E-state index contributed by atoms with van der Waals surface area (Å²) in [6.45, 7) is 1.78. The summed E-state index contributed by atoms with van der Waals surface area (Å²) in [5, 5.41) is 2.33. The van der Waals surface area contributed by atoms with Crippen LogP contribution in [-0.4, -0.2) is 34.4 Å². The summed E-state index contributed by atoms with van der Waals surface area (Å²) in [5.41, 5.74) is 0. The van der Waals surface area contributed by atoms with Gasteiger partial charge in [-0.2, -0.15) is 0 Å². The fourth-order valence-corrected chi connectivity index (χ4v) is 1.62. The predicted molar refractivity (Wildman–Crippen MR) is 57.0 cm³/mol. The second-order valence-electron chi connectivity index (χ2n) is 3.40. The molecular weight excluding hydrogens is 232 g/mol. The molecule has 0 radical (unpaired) electrons. The lowest BCUT2D eigenvalue weighted by Crippen LogP contribution is -2.57. The molecule has 6 nitrogen and oxygen atoms in total. The molecule has 84 valence electrons. The zero-order valence-electron chi connectivity index (χ0n) is 8.48. The summed E-state index contributed by atoms with van der Waals surface area (Å²) in [5.74, 6) is -0.223. The molecule has 0 bridgehead atoms. The largest absolute Gasteiger partial charge is 0.335 e. The molecule has 2 amide bonds. The number of amides is 2. The maximum Gasteiger partial charge on any atom is 0.249 e. The van der Waals surface area contributed by atoms with Crippen molar-refractivity contribution in [2.24, 2.45) is 0 Å². The molecule has 1 unspecified atom stereocenters. The van der Waals surface area contributed by atoms with E-state index < -0.39 is 6.04 Å². The number of nitrogens with one attached hydrogen (secondary N) is 1. The van der Waals surface area contributed by atoms with Crippen molar-refractivity contribution in [2.75, 3.05) is 11.4 Å². The minimum Gasteiger partial charge on any atom is -0.335 e. The van der Waals surface area contributed by atoms with Gasteiger partial charge in [-0.1, -0.05) is 0 Å². The van der Waals surface area contributed by atoms with Gasteiger partial charge in [0.25, 0.3) is 0 Å². The Labute approximate surface area is 96.6 Å². The molecular formula is C9H9ClN4O2. The maximum absolute atomic E-state index is 11.4. The number of aromatic nitrogens is 2. The first-order valence-electron chi connectivity index (χ1n) is 4.67. The van der Waals surface area contributed by atoms with Crippen LogP contribution in [0, 0.1) is 0 Å². The fourth-order valence-electron chi connectivity index (χ4n) is 1.48. The van der Waals surface area contributed by atoms with Crippen molar-refractivity contribution in [1.82, 2.24) is 15.3 Å². The average Bonchev–Trinajstić information content (AvgIpc) is 2.23. The lowest BCUT2D eigenvalue weighted by Gasteiger charge is -2.32. The van der Waals surface area contributed by atoms with Gasteiger partial charge in [0, 0.05) is 6.20 Å². The van der Waals surface area contributed by atoms with E-state index in [1.807, 2.05) is 0 Å². The Bertz CT molecular complexity index is 451. The van der Waals surface area contributed by atoms with Crippen LogP contribution in [0.1, 0.15) is 6.92 Å². The van der Waals surface area contributed by atoms with Gasteiger partial charge in [-0.05, 0) is 24.6 Å². The number of hydrogen-bond donors (Lipinski definition) is 1. The van der Waals surface area contributed by atoms with Gasteiger partial charge in [-0.25, -0.2) is 9.97 Å². The number of nitrogens with zero attached hydrogens (tertiary/aromatic N) is 3. The van der Waals surface area contributed by atoms with Crippen molar-refractivity contribution >= 4 is 29.2 Å². The Morgan fingerprint density at radius 2 is 2.31 bits per heavy atom. The number of halogens is 1. The van der Waals surface area contributed by atoms with Crippen molar-refractivity contribution < 1.29 is 9.59 Å². The summed E-state index contributed by atoms with van der Waals surface area (Å²) < 4.78 is 0. The molecule has 1 saturated heterocycles. The van der Waals surface area contributed by atoms with Crippen molar-refractivity contribution in [3.63, 3.8) is 0 Å². The van der Waals surface area contributed by atoms with Gasteiger partial charge in [0.15, 0.2) is 0 Å². The average molecular weight is 241 g/mol. The highest BCUT2D eigenvalue weighted by molar-refractivity contribution is 6.28. The van der Waals surface area contributed by atoms with E-state index >= 15 is 0 Å². The molecule has 1 fully saturated rings. The van der Waals surface area contributed by atoms with Gasteiger partial charge in [0.05, 0.1) is 6.54 Å². The first-order valence-corrected chi connectivity index (χ1v) is 5.04. The number of carbonyl (C=O) groups excluding carboxylic acids is 2. The number of piperazine rings is 1. The number of carbonyl (C=O) groups is 2. The lowest BCUT2D eigenvalue weighted by atomic mass is 10.2. The Balaban J connectivity index is 2.32. The molecule has 1 aliphatic rings. The predicted octanol–water partition coefficient (Wildman–Crippen LogP) is -0.0187. The van der Waals surface area contributed by atoms with E-state index in [0.29, 0.717) is 5.82 Å². The molecule has 2 heterocycles. The minimum absolute atomic E-state index is 0.0836. The molecule has 2 rings (SSSR count). The van der Waals surface area contributed by atoms with Crippen LogP contribution in [0.4, 0.5) is 5.82 Å². The normalized spacial score (nSPS) is 20.9. The van der Waals surface area contributed by atoms with Crippen molar-refractivity contribution in [2.45, 2.75) is 13.0 Å². The van der Waals surface area contributed by atoms with E-state index in [1.54, 1.807) is 17.9 Å². The maximum atomic E-state index is 11.4. The first-order chi connectivity index (χ1) is 7.58. The summed E-state index contributed by atoms with van der Waals surface area (Å²) in [6, 6.07) is 1.15. The smallest absolute Gasteiger partial charge is 0.249 e. The van der Waals surface area contributed by atoms with Crippen LogP contribution in [0.15, 0.2) is 12.3 Å². The van der Waals surface area contributed by atoms with Crippen molar-refractivity contribution in [3.8, 4) is 0 Å². The molecule has 0 aliphatic carbocycles. The van der Waals surface area contributed by atoms with Gasteiger partial charge in [0.2, 0.25) is 17.1 Å². The van der Waals surface area contributed by atoms with Gasteiger partial charge in [0.1, 0.15) is 11.9 Å². The standard InChI is InChI=1S/C9H9ClN4O2/c1-5-8(16)13-7(15)4-14(5)6-2-3-11-9(10)12-6/h2-3,5H,4H2,1H3,(H,13,15,16). The number of anilines is 1. The Morgan fingerprint density at radius 1 is 1.56 bits per heavy atom. The van der Waals surface area contributed by atoms with Gasteiger partial charge in [-0.15, -0.1) is 0 Å². The zero-order chi connectivity index (χ0) is 11.7. The summed E-state index contributed by atoms with van der Waals surface area (Å²) >= 11 is 5.65. The molecule has 0 saturated carbocycles. The highest BCUT2D eigenvalue weighted by atomic mass is 35.5. The van der Waals surface area contributed by atoms with E-state index in [0.717, 1.165) is 0 Å². The van der Waals surface area contributed by atoms with E-state index in [1.165, 1.54) is 6.20 Å². The van der Waals surface area contributed by atoms with E-state index in [-0.39, 0.29) is 23.6 Å². The number of hydrogen-bond acceptors (Lipinski definition) is 5. The first kappa shape index (κ1) is 10.8. The molecule has 0 spiro atoms. The van der Waals surface area contributed by atoms with Crippen molar-refractivity contribution in [3.05, 3.63) is 17.5 Å². The summed E-state index contributed by atoms with van der Waals surface area (Å²) in [6.07, 6.45) is 1.48. The SMILES string of the molecule is CC1C(=O)NC(=O)CN1c1ccnc(Cl)n1. The lowest BCUT2D eigenvalue weighted by molar-refractivity contribution is -0.132. The van der Waals surface area contributed by atoms with Crippen LogP contribution in [0.5, 0.6) is 0 Å². The molecule has 16 heavy (non-hydrogen) atoms. The Kier molecular flexibility index (Phi) is 2.74. The molecule has 1 aliphatic heterocycles. The molecule has 1 aromatic rings. The second-order valence-corrected chi connectivity index (χ2v) is 3.74. The van der Waals surface area contributed by atoms with Crippen LogP contribution in [0.25, 0.3) is 0 Å². The van der Waals surface area contributed by atoms with Crippen molar-refractivity contribution in [1.29, 1.82) is 0 Å². The van der Waals surface area contributed by atoms with Crippen LogP contribution in [-0.2, 0) is 9.59 Å². The number of imide groups is 1. The Hall–Kier alpha value is -1.69. The molecule has 1 atom stereocenters. The fraction of sp³-hybridized carbons (Fsp3) is 0.333. The zero-order valence-corrected chi connectivity index (χ0v) is 9.23. The minimum atomic E-state index is -0.455. The summed E-state index contributed by atoms with van der Waals surface area (Å²) in [4.78, 5) is 31.9. The molecule has 0 aromatic carbocycles. The van der Waals surface area contributed by atoms with Gasteiger partial charge >= 0.3 is 0 Å². The molecule has 1 aromatic heterocycles.